The SMILES string of the molecule is CCCCCC/C=C\C/C=C\CCCCCCCC(=O)NC(CO)C(O)CCCCCCCCCCCCCCCCC. The van der Waals surface area contributed by atoms with Gasteiger partial charge in [0, 0.05) is 6.42 Å². The van der Waals surface area contributed by atoms with Gasteiger partial charge in [-0.3, -0.25) is 4.79 Å². The van der Waals surface area contributed by atoms with Gasteiger partial charge in [-0.25, -0.2) is 0 Å². The van der Waals surface area contributed by atoms with Gasteiger partial charge in [0.1, 0.15) is 0 Å². The number of aliphatic hydroxyl groups is 2. The molecular formula is C39H75NO3. The van der Waals surface area contributed by atoms with Gasteiger partial charge in [0.15, 0.2) is 0 Å². The van der Waals surface area contributed by atoms with Crippen LogP contribution in [0, 0.1) is 0 Å². The minimum Gasteiger partial charge on any atom is -0.394 e. The van der Waals surface area contributed by atoms with Crippen molar-refractivity contribution in [2.75, 3.05) is 6.61 Å². The lowest BCUT2D eigenvalue weighted by molar-refractivity contribution is -0.123. The van der Waals surface area contributed by atoms with Crippen molar-refractivity contribution >= 4 is 5.91 Å². The van der Waals surface area contributed by atoms with Crippen LogP contribution in [0.4, 0.5) is 0 Å². The summed E-state index contributed by atoms with van der Waals surface area (Å²) >= 11 is 0. The molecule has 2 unspecified atom stereocenters. The molecule has 0 aliphatic heterocycles. The molecule has 0 aliphatic rings. The van der Waals surface area contributed by atoms with E-state index in [-0.39, 0.29) is 12.5 Å². The van der Waals surface area contributed by atoms with Crippen LogP contribution in [-0.2, 0) is 4.79 Å². The van der Waals surface area contributed by atoms with Gasteiger partial charge in [-0.15, -0.1) is 0 Å². The second-order valence-corrected chi connectivity index (χ2v) is 13.0. The summed E-state index contributed by atoms with van der Waals surface area (Å²) in [5, 5.41) is 23.1. The molecule has 0 bridgehead atoms. The zero-order valence-corrected chi connectivity index (χ0v) is 29.0. The van der Waals surface area contributed by atoms with E-state index in [2.05, 4.69) is 43.5 Å². The fourth-order valence-corrected chi connectivity index (χ4v) is 5.74. The molecule has 0 aromatic heterocycles. The van der Waals surface area contributed by atoms with Gasteiger partial charge in [0.25, 0.3) is 0 Å². The number of hydrogen-bond acceptors (Lipinski definition) is 3. The summed E-state index contributed by atoms with van der Waals surface area (Å²) < 4.78 is 0. The number of carbonyl (C=O) groups is 1. The summed E-state index contributed by atoms with van der Waals surface area (Å²) in [5.74, 6) is -0.0454. The summed E-state index contributed by atoms with van der Waals surface area (Å²) in [6.07, 6.45) is 43.7. The van der Waals surface area contributed by atoms with Crippen molar-refractivity contribution in [2.24, 2.45) is 0 Å². The Morgan fingerprint density at radius 3 is 1.42 bits per heavy atom. The van der Waals surface area contributed by atoms with Gasteiger partial charge in [0.2, 0.25) is 5.91 Å². The second kappa shape index (κ2) is 35.4. The Balaban J connectivity index is 3.58. The zero-order valence-electron chi connectivity index (χ0n) is 29.0. The smallest absolute Gasteiger partial charge is 0.220 e. The van der Waals surface area contributed by atoms with Crippen molar-refractivity contribution in [1.82, 2.24) is 5.32 Å². The minimum atomic E-state index is -0.662. The molecule has 0 fully saturated rings. The number of amides is 1. The van der Waals surface area contributed by atoms with Crippen LogP contribution in [0.1, 0.15) is 200 Å². The Kier molecular flexibility index (Phi) is 34.4. The molecule has 0 spiro atoms. The van der Waals surface area contributed by atoms with E-state index in [0.717, 1.165) is 44.9 Å². The largest absolute Gasteiger partial charge is 0.394 e. The van der Waals surface area contributed by atoms with Crippen molar-refractivity contribution in [3.05, 3.63) is 24.3 Å². The lowest BCUT2D eigenvalue weighted by atomic mass is 10.0. The fourth-order valence-electron chi connectivity index (χ4n) is 5.74. The summed E-state index contributed by atoms with van der Waals surface area (Å²) in [6, 6.07) is -0.540. The first-order chi connectivity index (χ1) is 21.2. The average molecular weight is 606 g/mol. The topological polar surface area (TPSA) is 69.6 Å². The lowest BCUT2D eigenvalue weighted by Crippen LogP contribution is -2.45. The maximum Gasteiger partial charge on any atom is 0.220 e. The molecule has 0 radical (unpaired) electrons. The van der Waals surface area contributed by atoms with Gasteiger partial charge >= 0.3 is 0 Å². The minimum absolute atomic E-state index is 0.0454. The van der Waals surface area contributed by atoms with Crippen LogP contribution in [0.2, 0.25) is 0 Å². The highest BCUT2D eigenvalue weighted by molar-refractivity contribution is 5.76. The molecule has 4 heteroatoms. The highest BCUT2D eigenvalue weighted by Gasteiger charge is 2.19. The van der Waals surface area contributed by atoms with E-state index in [1.54, 1.807) is 0 Å². The lowest BCUT2D eigenvalue weighted by Gasteiger charge is -2.22. The Hall–Kier alpha value is -1.13. The first-order valence-corrected chi connectivity index (χ1v) is 19.0. The summed E-state index contributed by atoms with van der Waals surface area (Å²) in [5.41, 5.74) is 0. The maximum atomic E-state index is 12.3. The Morgan fingerprint density at radius 2 is 0.953 bits per heavy atom. The van der Waals surface area contributed by atoms with Crippen LogP contribution in [0.3, 0.4) is 0 Å². The third-order valence-corrected chi connectivity index (χ3v) is 8.72. The number of allylic oxidation sites excluding steroid dienone is 4. The average Bonchev–Trinajstić information content (AvgIpc) is 3.01. The van der Waals surface area contributed by atoms with Gasteiger partial charge in [-0.1, -0.05) is 173 Å². The predicted octanol–water partition coefficient (Wildman–Crippen LogP) is 11.3. The van der Waals surface area contributed by atoms with E-state index in [4.69, 9.17) is 0 Å². The number of hydrogen-bond donors (Lipinski definition) is 3. The van der Waals surface area contributed by atoms with Crippen LogP contribution in [0.15, 0.2) is 24.3 Å². The predicted molar refractivity (Wildman–Crippen MR) is 189 cm³/mol. The summed E-state index contributed by atoms with van der Waals surface area (Å²) in [4.78, 5) is 12.3. The monoisotopic (exact) mass is 606 g/mol. The molecule has 0 aromatic rings. The maximum absolute atomic E-state index is 12.3. The molecule has 0 aromatic carbocycles. The zero-order chi connectivity index (χ0) is 31.5. The number of unbranched alkanes of at least 4 members (excludes halogenated alkanes) is 23. The third-order valence-electron chi connectivity index (χ3n) is 8.72. The van der Waals surface area contributed by atoms with E-state index in [9.17, 15) is 15.0 Å². The molecule has 0 aliphatic carbocycles. The second-order valence-electron chi connectivity index (χ2n) is 13.0. The highest BCUT2D eigenvalue weighted by Crippen LogP contribution is 2.15. The molecule has 254 valence electrons. The number of aliphatic hydroxyl groups excluding tert-OH is 2. The van der Waals surface area contributed by atoms with Crippen molar-refractivity contribution in [1.29, 1.82) is 0 Å². The van der Waals surface area contributed by atoms with Crippen LogP contribution >= 0.6 is 0 Å². The highest BCUT2D eigenvalue weighted by atomic mass is 16.3. The number of rotatable bonds is 34. The van der Waals surface area contributed by atoms with Crippen LogP contribution in [0.25, 0.3) is 0 Å². The molecule has 4 nitrogen and oxygen atoms in total. The number of nitrogens with one attached hydrogen (secondary N) is 1. The van der Waals surface area contributed by atoms with Gasteiger partial charge in [0.05, 0.1) is 18.8 Å². The normalized spacial score (nSPS) is 13.3. The first kappa shape index (κ1) is 41.9. The summed E-state index contributed by atoms with van der Waals surface area (Å²) in [6.45, 7) is 4.33. The fraction of sp³-hybridized carbons (Fsp3) is 0.872. The van der Waals surface area contributed by atoms with E-state index in [0.29, 0.717) is 12.8 Å². The van der Waals surface area contributed by atoms with Crippen molar-refractivity contribution in [3.8, 4) is 0 Å². The van der Waals surface area contributed by atoms with Crippen molar-refractivity contribution in [3.63, 3.8) is 0 Å². The van der Waals surface area contributed by atoms with Crippen molar-refractivity contribution in [2.45, 2.75) is 212 Å². The quantitative estimate of drug-likeness (QED) is 0.0505. The molecule has 0 rings (SSSR count). The first-order valence-electron chi connectivity index (χ1n) is 19.0. The molecule has 43 heavy (non-hydrogen) atoms. The molecule has 0 saturated carbocycles. The Bertz CT molecular complexity index is 618. The Labute approximate surface area is 269 Å². The third kappa shape index (κ3) is 32.1. The van der Waals surface area contributed by atoms with Crippen LogP contribution in [0.5, 0.6) is 0 Å². The van der Waals surface area contributed by atoms with E-state index in [1.165, 1.54) is 128 Å². The molecule has 0 saturated heterocycles. The number of carbonyl (C=O) groups excluding carboxylic acids is 1. The molecule has 1 amide bonds. The van der Waals surface area contributed by atoms with Gasteiger partial charge in [-0.2, -0.15) is 0 Å². The summed E-state index contributed by atoms with van der Waals surface area (Å²) in [7, 11) is 0. The molecular weight excluding hydrogens is 530 g/mol. The van der Waals surface area contributed by atoms with Crippen LogP contribution < -0.4 is 5.32 Å². The Morgan fingerprint density at radius 1 is 0.558 bits per heavy atom. The van der Waals surface area contributed by atoms with E-state index in [1.807, 2.05) is 0 Å². The van der Waals surface area contributed by atoms with Gasteiger partial charge < -0.3 is 15.5 Å². The van der Waals surface area contributed by atoms with E-state index >= 15 is 0 Å². The molecule has 2 atom stereocenters. The van der Waals surface area contributed by atoms with E-state index < -0.39 is 12.1 Å². The standard InChI is InChI=1S/C39H75NO3/c1-3-5-7-9-11-13-15-17-19-21-23-25-27-29-31-33-35-39(43)40-37(36-41)38(42)34-32-30-28-26-24-22-20-18-16-14-12-10-8-6-4-2/h13,15,19,21,37-38,41-42H,3-12,14,16-18,20,22-36H2,1-2H3,(H,40,43)/b15-13-,21-19-. The van der Waals surface area contributed by atoms with Crippen molar-refractivity contribution < 1.29 is 15.0 Å². The van der Waals surface area contributed by atoms with Gasteiger partial charge in [-0.05, 0) is 44.9 Å². The molecule has 0 heterocycles. The molecule has 3 N–H and O–H groups in total. The van der Waals surface area contributed by atoms with Crippen LogP contribution in [-0.4, -0.2) is 34.9 Å².